The third kappa shape index (κ3) is 4.17. The van der Waals surface area contributed by atoms with Crippen LogP contribution in [0.25, 0.3) is 0 Å². The summed E-state index contributed by atoms with van der Waals surface area (Å²) in [4.78, 5) is 0. The summed E-state index contributed by atoms with van der Waals surface area (Å²) in [7, 11) is 0. The molecule has 0 fully saturated rings. The molecule has 0 aliphatic carbocycles. The highest BCUT2D eigenvalue weighted by molar-refractivity contribution is 4.91. The molecule has 0 aromatic heterocycles. The normalized spacial score (nSPS) is 17.6. The van der Waals surface area contributed by atoms with Crippen molar-refractivity contribution in [2.45, 2.75) is 26.9 Å². The average molecular weight is 158 g/mol. The number of hydrogen-bond donors (Lipinski definition) is 2. The summed E-state index contributed by atoms with van der Waals surface area (Å²) in [6, 6.07) is 0. The lowest BCUT2D eigenvalue weighted by molar-refractivity contribution is 0.133. The molecule has 0 spiro atoms. The lowest BCUT2D eigenvalue weighted by Gasteiger charge is -2.18. The van der Waals surface area contributed by atoms with Crippen LogP contribution < -0.4 is 0 Å². The predicted octanol–water partition coefficient (Wildman–Crippen LogP) is 1.19. The fourth-order valence-electron chi connectivity index (χ4n) is 0.770. The molecule has 2 atom stereocenters. The summed E-state index contributed by atoms with van der Waals surface area (Å²) >= 11 is 0. The van der Waals surface area contributed by atoms with Crippen molar-refractivity contribution in [2.24, 2.45) is 11.8 Å². The molecule has 2 heteroatoms. The van der Waals surface area contributed by atoms with Crippen molar-refractivity contribution < 1.29 is 10.2 Å². The highest BCUT2D eigenvalue weighted by atomic mass is 16.3. The number of rotatable bonds is 4. The highest BCUT2D eigenvalue weighted by Crippen LogP contribution is 2.14. The zero-order valence-electron chi connectivity index (χ0n) is 7.49. The Labute approximate surface area is 68.6 Å². The van der Waals surface area contributed by atoms with Gasteiger partial charge in [-0.15, -0.1) is 0 Å². The fraction of sp³-hybridized carbons (Fsp3) is 0.778. The molecular weight excluding hydrogens is 140 g/mol. The summed E-state index contributed by atoms with van der Waals surface area (Å²) in [5, 5.41) is 17.9. The Hall–Kier alpha value is -0.340. The molecular formula is C9H18O2. The van der Waals surface area contributed by atoms with Crippen LogP contribution in [0.2, 0.25) is 0 Å². The Morgan fingerprint density at radius 2 is 1.82 bits per heavy atom. The van der Waals surface area contributed by atoms with Crippen LogP contribution >= 0.6 is 0 Å². The van der Waals surface area contributed by atoms with E-state index in [0.29, 0.717) is 5.92 Å². The molecule has 0 bridgehead atoms. The Bertz CT molecular complexity index is 119. The Balaban J connectivity index is 3.81. The third-order valence-corrected chi connectivity index (χ3v) is 2.03. The van der Waals surface area contributed by atoms with Gasteiger partial charge in [-0.25, -0.2) is 0 Å². The second-order valence-corrected chi connectivity index (χ2v) is 3.20. The van der Waals surface area contributed by atoms with Gasteiger partial charge in [0.2, 0.25) is 0 Å². The third-order valence-electron chi connectivity index (χ3n) is 2.03. The largest absolute Gasteiger partial charge is 0.392 e. The molecule has 0 radical (unpaired) electrons. The van der Waals surface area contributed by atoms with E-state index in [9.17, 15) is 5.11 Å². The zero-order chi connectivity index (χ0) is 8.85. The van der Waals surface area contributed by atoms with Crippen molar-refractivity contribution in [3.8, 4) is 0 Å². The lowest BCUT2D eigenvalue weighted by atomic mass is 9.92. The molecule has 0 heterocycles. The molecule has 0 rings (SSSR count). The summed E-state index contributed by atoms with van der Waals surface area (Å²) in [6.45, 7) is 6.14. The van der Waals surface area contributed by atoms with Gasteiger partial charge in [0.25, 0.3) is 0 Å². The first-order valence-corrected chi connectivity index (χ1v) is 4.05. The maximum absolute atomic E-state index is 9.42. The standard InChI is InChI=1S/C9H18O2/c1-7(2)8(3)9(11)5-4-6-10/h4-5,7-11H,6H2,1-3H3/b5-4+/t8-,9+/m1/s1. The van der Waals surface area contributed by atoms with Gasteiger partial charge in [-0.3, -0.25) is 0 Å². The van der Waals surface area contributed by atoms with E-state index < -0.39 is 6.10 Å². The molecule has 0 aromatic rings. The van der Waals surface area contributed by atoms with E-state index in [-0.39, 0.29) is 12.5 Å². The molecule has 0 saturated heterocycles. The second kappa shape index (κ2) is 5.33. The van der Waals surface area contributed by atoms with Gasteiger partial charge in [-0.1, -0.05) is 32.9 Å². The van der Waals surface area contributed by atoms with Gasteiger partial charge >= 0.3 is 0 Å². The van der Waals surface area contributed by atoms with Crippen molar-refractivity contribution in [1.29, 1.82) is 0 Å². The molecule has 66 valence electrons. The number of aliphatic hydroxyl groups excluding tert-OH is 2. The molecule has 0 unspecified atom stereocenters. The van der Waals surface area contributed by atoms with Crippen LogP contribution in [0, 0.1) is 11.8 Å². The SMILES string of the molecule is CC(C)[C@@H](C)[C@@H](O)/C=C/CO. The summed E-state index contributed by atoms with van der Waals surface area (Å²) < 4.78 is 0. The molecule has 0 amide bonds. The monoisotopic (exact) mass is 158 g/mol. The molecule has 2 nitrogen and oxygen atoms in total. The molecule has 0 aliphatic heterocycles. The van der Waals surface area contributed by atoms with E-state index in [4.69, 9.17) is 5.11 Å². The lowest BCUT2D eigenvalue weighted by Crippen LogP contribution is -2.19. The number of hydrogen-bond acceptors (Lipinski definition) is 2. The highest BCUT2D eigenvalue weighted by Gasteiger charge is 2.13. The van der Waals surface area contributed by atoms with E-state index in [1.807, 2.05) is 6.92 Å². The van der Waals surface area contributed by atoms with Crippen molar-refractivity contribution >= 4 is 0 Å². The van der Waals surface area contributed by atoms with Crippen LogP contribution in [0.1, 0.15) is 20.8 Å². The maximum atomic E-state index is 9.42. The van der Waals surface area contributed by atoms with Gasteiger partial charge < -0.3 is 10.2 Å². The first kappa shape index (κ1) is 10.7. The van der Waals surface area contributed by atoms with Crippen LogP contribution in [0.4, 0.5) is 0 Å². The van der Waals surface area contributed by atoms with Gasteiger partial charge in [-0.2, -0.15) is 0 Å². The average Bonchev–Trinajstić information content (AvgIpc) is 1.98. The Kier molecular flexibility index (Phi) is 5.16. The van der Waals surface area contributed by atoms with Gasteiger partial charge in [0.05, 0.1) is 12.7 Å². The minimum Gasteiger partial charge on any atom is -0.392 e. The van der Waals surface area contributed by atoms with E-state index in [1.54, 1.807) is 12.2 Å². The van der Waals surface area contributed by atoms with Crippen molar-refractivity contribution in [2.75, 3.05) is 6.61 Å². The number of aliphatic hydroxyl groups is 2. The summed E-state index contributed by atoms with van der Waals surface area (Å²) in [5.74, 6) is 0.714. The summed E-state index contributed by atoms with van der Waals surface area (Å²) in [6.07, 6.45) is 2.79. The second-order valence-electron chi connectivity index (χ2n) is 3.20. The first-order valence-electron chi connectivity index (χ1n) is 4.05. The van der Waals surface area contributed by atoms with Gasteiger partial charge in [0, 0.05) is 0 Å². The van der Waals surface area contributed by atoms with Crippen LogP contribution in [-0.4, -0.2) is 22.9 Å². The molecule has 11 heavy (non-hydrogen) atoms. The van der Waals surface area contributed by atoms with Gasteiger partial charge in [0.1, 0.15) is 0 Å². The first-order chi connectivity index (χ1) is 5.09. The van der Waals surface area contributed by atoms with Crippen LogP contribution in [0.15, 0.2) is 12.2 Å². The van der Waals surface area contributed by atoms with E-state index in [2.05, 4.69) is 13.8 Å². The topological polar surface area (TPSA) is 40.5 Å². The zero-order valence-corrected chi connectivity index (χ0v) is 7.49. The van der Waals surface area contributed by atoms with Crippen molar-refractivity contribution in [3.63, 3.8) is 0 Å². The van der Waals surface area contributed by atoms with E-state index in [1.165, 1.54) is 0 Å². The van der Waals surface area contributed by atoms with Gasteiger partial charge in [-0.05, 0) is 11.8 Å². The quantitative estimate of drug-likeness (QED) is 0.603. The fourth-order valence-corrected chi connectivity index (χ4v) is 0.770. The van der Waals surface area contributed by atoms with Crippen molar-refractivity contribution in [1.82, 2.24) is 0 Å². The van der Waals surface area contributed by atoms with Crippen LogP contribution in [0.5, 0.6) is 0 Å². The molecule has 0 aliphatic rings. The predicted molar refractivity (Wildman–Crippen MR) is 46.2 cm³/mol. The Morgan fingerprint density at radius 1 is 1.27 bits per heavy atom. The van der Waals surface area contributed by atoms with Crippen molar-refractivity contribution in [3.05, 3.63) is 12.2 Å². The van der Waals surface area contributed by atoms with E-state index >= 15 is 0 Å². The van der Waals surface area contributed by atoms with Crippen LogP contribution in [-0.2, 0) is 0 Å². The molecule has 2 N–H and O–H groups in total. The molecule has 0 saturated carbocycles. The van der Waals surface area contributed by atoms with Crippen LogP contribution in [0.3, 0.4) is 0 Å². The minimum atomic E-state index is -0.429. The summed E-state index contributed by atoms with van der Waals surface area (Å²) in [5.41, 5.74) is 0. The smallest absolute Gasteiger partial charge is 0.0749 e. The minimum absolute atomic E-state index is 0.00186. The van der Waals surface area contributed by atoms with Gasteiger partial charge in [0.15, 0.2) is 0 Å². The maximum Gasteiger partial charge on any atom is 0.0749 e. The van der Waals surface area contributed by atoms with E-state index in [0.717, 1.165) is 0 Å². The molecule has 0 aromatic carbocycles. The Morgan fingerprint density at radius 3 is 2.18 bits per heavy atom.